The maximum absolute atomic E-state index is 10.8. The van der Waals surface area contributed by atoms with Crippen molar-refractivity contribution in [2.45, 2.75) is 83.8 Å². The number of rotatable bonds is 3. The molecule has 3 N–H and O–H groups in total. The van der Waals surface area contributed by atoms with Crippen molar-refractivity contribution in [3.8, 4) is 0 Å². The fourth-order valence-corrected chi connectivity index (χ4v) is 2.98. The van der Waals surface area contributed by atoms with Crippen molar-refractivity contribution in [1.82, 2.24) is 0 Å². The third kappa shape index (κ3) is 2.98. The zero-order chi connectivity index (χ0) is 12.4. The number of hydrogen-bond donors (Lipinski definition) is 2. The molecule has 1 fully saturated rings. The Morgan fingerprint density at radius 1 is 1.19 bits per heavy atom. The molecule has 0 aromatic rings. The van der Waals surface area contributed by atoms with Crippen LogP contribution < -0.4 is 5.73 Å². The molecular formula is C14H29NO. The Kier molecular flexibility index (Phi) is 4.07. The molecule has 96 valence electrons. The van der Waals surface area contributed by atoms with Crippen LogP contribution in [-0.4, -0.2) is 16.2 Å². The van der Waals surface area contributed by atoms with Crippen LogP contribution in [0.1, 0.15) is 72.6 Å². The van der Waals surface area contributed by atoms with Gasteiger partial charge in [-0.1, -0.05) is 27.2 Å². The Morgan fingerprint density at radius 3 is 2.38 bits per heavy atom. The molecular weight excluding hydrogens is 198 g/mol. The molecule has 0 amide bonds. The minimum absolute atomic E-state index is 0.368. The lowest BCUT2D eigenvalue weighted by atomic mass is 9.73. The lowest BCUT2D eigenvalue weighted by Gasteiger charge is -2.42. The van der Waals surface area contributed by atoms with Crippen molar-refractivity contribution in [3.63, 3.8) is 0 Å². The fourth-order valence-electron chi connectivity index (χ4n) is 2.98. The molecule has 1 aliphatic rings. The summed E-state index contributed by atoms with van der Waals surface area (Å²) in [7, 11) is 0. The molecule has 0 aromatic heterocycles. The van der Waals surface area contributed by atoms with E-state index in [2.05, 4.69) is 20.8 Å². The van der Waals surface area contributed by atoms with E-state index < -0.39 is 11.1 Å². The molecule has 2 heteroatoms. The SMILES string of the molecule is CCCC(C)(N)C1(O)CCCC(C)(C)CC1. The maximum Gasteiger partial charge on any atom is 0.0823 e. The fraction of sp³-hybridized carbons (Fsp3) is 1.00. The minimum Gasteiger partial charge on any atom is -0.388 e. The molecule has 2 nitrogen and oxygen atoms in total. The first-order chi connectivity index (χ1) is 7.22. The number of nitrogens with two attached hydrogens (primary N) is 1. The second-order valence-corrected chi connectivity index (χ2v) is 6.72. The lowest BCUT2D eigenvalue weighted by molar-refractivity contribution is -0.0469. The molecule has 2 atom stereocenters. The summed E-state index contributed by atoms with van der Waals surface area (Å²) in [5.74, 6) is 0. The molecule has 1 saturated carbocycles. The summed E-state index contributed by atoms with van der Waals surface area (Å²) in [6.45, 7) is 8.75. The van der Waals surface area contributed by atoms with Crippen molar-refractivity contribution >= 4 is 0 Å². The molecule has 1 rings (SSSR count). The van der Waals surface area contributed by atoms with E-state index in [9.17, 15) is 5.11 Å². The topological polar surface area (TPSA) is 46.2 Å². The van der Waals surface area contributed by atoms with Crippen LogP contribution in [0, 0.1) is 5.41 Å². The quantitative estimate of drug-likeness (QED) is 0.727. The van der Waals surface area contributed by atoms with Crippen molar-refractivity contribution in [2.75, 3.05) is 0 Å². The van der Waals surface area contributed by atoms with E-state index in [-0.39, 0.29) is 0 Å². The molecule has 0 bridgehead atoms. The van der Waals surface area contributed by atoms with Crippen LogP contribution in [-0.2, 0) is 0 Å². The zero-order valence-corrected chi connectivity index (χ0v) is 11.5. The highest BCUT2D eigenvalue weighted by Crippen LogP contribution is 2.42. The summed E-state index contributed by atoms with van der Waals surface area (Å²) in [6.07, 6.45) is 7.05. The van der Waals surface area contributed by atoms with E-state index in [4.69, 9.17) is 5.73 Å². The molecule has 0 heterocycles. The first-order valence-electron chi connectivity index (χ1n) is 6.74. The van der Waals surface area contributed by atoms with Gasteiger partial charge < -0.3 is 10.8 Å². The number of aliphatic hydroxyl groups is 1. The maximum atomic E-state index is 10.8. The summed E-state index contributed by atoms with van der Waals surface area (Å²) >= 11 is 0. The molecule has 0 aliphatic heterocycles. The average Bonchev–Trinajstić information content (AvgIpc) is 2.27. The monoisotopic (exact) mass is 227 g/mol. The first-order valence-corrected chi connectivity index (χ1v) is 6.74. The van der Waals surface area contributed by atoms with Crippen LogP contribution in [0.3, 0.4) is 0 Å². The Balaban J connectivity index is 2.77. The van der Waals surface area contributed by atoms with Crippen molar-refractivity contribution in [3.05, 3.63) is 0 Å². The summed E-state index contributed by atoms with van der Waals surface area (Å²) in [5.41, 5.74) is 5.63. The van der Waals surface area contributed by atoms with Gasteiger partial charge in [-0.2, -0.15) is 0 Å². The van der Waals surface area contributed by atoms with Crippen LogP contribution >= 0.6 is 0 Å². The van der Waals surface area contributed by atoms with Gasteiger partial charge in [0.2, 0.25) is 0 Å². The predicted octanol–water partition coefficient (Wildman–Crippen LogP) is 3.23. The third-order valence-corrected chi connectivity index (χ3v) is 4.49. The highest BCUT2D eigenvalue weighted by atomic mass is 16.3. The highest BCUT2D eigenvalue weighted by Gasteiger charge is 2.45. The van der Waals surface area contributed by atoms with E-state index in [0.717, 1.165) is 38.5 Å². The summed E-state index contributed by atoms with van der Waals surface area (Å²) in [4.78, 5) is 0. The predicted molar refractivity (Wildman–Crippen MR) is 69.3 cm³/mol. The Hall–Kier alpha value is -0.0800. The van der Waals surface area contributed by atoms with E-state index in [1.54, 1.807) is 0 Å². The standard InChI is InChI=1S/C14H29NO/c1-5-7-13(4,15)14(16)9-6-8-12(2,3)10-11-14/h16H,5-11,15H2,1-4H3. The van der Waals surface area contributed by atoms with Gasteiger partial charge in [0.1, 0.15) is 0 Å². The van der Waals surface area contributed by atoms with Gasteiger partial charge >= 0.3 is 0 Å². The van der Waals surface area contributed by atoms with Gasteiger partial charge in [0, 0.05) is 5.54 Å². The van der Waals surface area contributed by atoms with E-state index in [1.807, 2.05) is 6.92 Å². The first kappa shape index (κ1) is 14.0. The van der Waals surface area contributed by atoms with Crippen molar-refractivity contribution < 1.29 is 5.11 Å². The summed E-state index contributed by atoms with van der Waals surface area (Å²) < 4.78 is 0. The van der Waals surface area contributed by atoms with Crippen LogP contribution in [0.4, 0.5) is 0 Å². The highest BCUT2D eigenvalue weighted by molar-refractivity contribution is 5.02. The average molecular weight is 227 g/mol. The second kappa shape index (κ2) is 4.66. The Bertz CT molecular complexity index is 235. The molecule has 0 saturated heterocycles. The smallest absolute Gasteiger partial charge is 0.0823 e. The van der Waals surface area contributed by atoms with Crippen molar-refractivity contribution in [1.29, 1.82) is 0 Å². The molecule has 1 aliphatic carbocycles. The normalized spacial score (nSPS) is 34.1. The molecule has 16 heavy (non-hydrogen) atoms. The van der Waals surface area contributed by atoms with Crippen LogP contribution in [0.25, 0.3) is 0 Å². The van der Waals surface area contributed by atoms with Crippen molar-refractivity contribution in [2.24, 2.45) is 11.1 Å². The summed E-state index contributed by atoms with van der Waals surface area (Å²) in [5, 5.41) is 10.8. The van der Waals surface area contributed by atoms with E-state index >= 15 is 0 Å². The third-order valence-electron chi connectivity index (χ3n) is 4.49. The Morgan fingerprint density at radius 2 is 1.81 bits per heavy atom. The zero-order valence-electron chi connectivity index (χ0n) is 11.5. The molecule has 0 spiro atoms. The van der Waals surface area contributed by atoms with Gasteiger partial charge in [0.05, 0.1) is 5.60 Å². The minimum atomic E-state index is -0.656. The van der Waals surface area contributed by atoms with Gasteiger partial charge in [-0.25, -0.2) is 0 Å². The molecule has 0 aromatic carbocycles. The largest absolute Gasteiger partial charge is 0.388 e. The lowest BCUT2D eigenvalue weighted by Crippen LogP contribution is -2.58. The molecule has 0 radical (unpaired) electrons. The summed E-state index contributed by atoms with van der Waals surface area (Å²) in [6, 6.07) is 0. The van der Waals surface area contributed by atoms with Crippen LogP contribution in [0.5, 0.6) is 0 Å². The van der Waals surface area contributed by atoms with Crippen LogP contribution in [0.15, 0.2) is 0 Å². The van der Waals surface area contributed by atoms with Gasteiger partial charge in [-0.05, 0) is 50.9 Å². The Labute approximate surface area is 101 Å². The molecule has 2 unspecified atom stereocenters. The van der Waals surface area contributed by atoms with Gasteiger partial charge in [0.15, 0.2) is 0 Å². The van der Waals surface area contributed by atoms with Crippen LogP contribution in [0.2, 0.25) is 0 Å². The number of hydrogen-bond acceptors (Lipinski definition) is 2. The van der Waals surface area contributed by atoms with E-state index in [1.165, 1.54) is 6.42 Å². The van der Waals surface area contributed by atoms with Gasteiger partial charge in [-0.3, -0.25) is 0 Å². The van der Waals surface area contributed by atoms with E-state index in [0.29, 0.717) is 5.41 Å². The van der Waals surface area contributed by atoms with Gasteiger partial charge in [0.25, 0.3) is 0 Å². The van der Waals surface area contributed by atoms with Gasteiger partial charge in [-0.15, -0.1) is 0 Å². The second-order valence-electron chi connectivity index (χ2n) is 6.72.